The monoisotopic (exact) mass is 231 g/mol. The summed E-state index contributed by atoms with van der Waals surface area (Å²) < 4.78 is 5.68. The van der Waals surface area contributed by atoms with E-state index in [0.717, 1.165) is 12.2 Å². The van der Waals surface area contributed by atoms with Crippen LogP contribution in [-0.2, 0) is 11.8 Å². The lowest BCUT2D eigenvalue weighted by molar-refractivity contribution is 0.317. The normalized spacial score (nSPS) is 11.0. The van der Waals surface area contributed by atoms with Crippen LogP contribution < -0.4 is 4.74 Å². The van der Waals surface area contributed by atoms with Gasteiger partial charge in [0.15, 0.2) is 0 Å². The maximum absolute atomic E-state index is 8.53. The van der Waals surface area contributed by atoms with Crippen molar-refractivity contribution in [2.24, 2.45) is 0 Å². The summed E-state index contributed by atoms with van der Waals surface area (Å²) >= 11 is 0. The van der Waals surface area contributed by atoms with Crippen LogP contribution in [0.15, 0.2) is 18.2 Å². The molecule has 0 saturated heterocycles. The predicted octanol–water partition coefficient (Wildman–Crippen LogP) is 3.84. The van der Waals surface area contributed by atoms with E-state index in [9.17, 15) is 0 Å². The van der Waals surface area contributed by atoms with Crippen LogP contribution in [0, 0.1) is 11.3 Å². The predicted molar refractivity (Wildman–Crippen MR) is 70.2 cm³/mol. The number of benzene rings is 1. The van der Waals surface area contributed by atoms with Crippen molar-refractivity contribution in [3.8, 4) is 11.8 Å². The van der Waals surface area contributed by atoms with Crippen LogP contribution in [0.25, 0.3) is 0 Å². The second kappa shape index (κ2) is 5.72. The van der Waals surface area contributed by atoms with Gasteiger partial charge in [0.2, 0.25) is 0 Å². The van der Waals surface area contributed by atoms with Gasteiger partial charge in [0.25, 0.3) is 0 Å². The lowest BCUT2D eigenvalue weighted by atomic mass is 9.85. The molecule has 0 aliphatic carbocycles. The number of nitriles is 1. The molecular weight excluding hydrogens is 210 g/mol. The van der Waals surface area contributed by atoms with E-state index in [2.05, 4.69) is 45.9 Å². The first-order valence-corrected chi connectivity index (χ1v) is 6.12. The topological polar surface area (TPSA) is 33.0 Å². The molecule has 2 nitrogen and oxygen atoms in total. The van der Waals surface area contributed by atoms with E-state index in [1.54, 1.807) is 0 Å². The molecule has 0 saturated carbocycles. The molecule has 0 N–H and O–H groups in total. The molecule has 0 fully saturated rings. The maximum atomic E-state index is 8.53. The molecule has 0 atom stereocenters. The Morgan fingerprint density at radius 1 is 1.29 bits per heavy atom. The molecule has 1 aromatic carbocycles. The maximum Gasteiger partial charge on any atom is 0.123 e. The first-order chi connectivity index (χ1) is 7.99. The Morgan fingerprint density at radius 2 is 2.00 bits per heavy atom. The first kappa shape index (κ1) is 13.6. The van der Waals surface area contributed by atoms with Gasteiger partial charge in [-0.15, -0.1) is 0 Å². The van der Waals surface area contributed by atoms with Crippen molar-refractivity contribution >= 4 is 0 Å². The van der Waals surface area contributed by atoms with Crippen LogP contribution in [-0.4, -0.2) is 6.61 Å². The van der Waals surface area contributed by atoms with Gasteiger partial charge < -0.3 is 4.74 Å². The van der Waals surface area contributed by atoms with Crippen molar-refractivity contribution < 1.29 is 4.74 Å². The Bertz CT molecular complexity index is 410. The minimum absolute atomic E-state index is 0.0627. The van der Waals surface area contributed by atoms with Gasteiger partial charge in [-0.25, -0.2) is 0 Å². The second-order valence-corrected chi connectivity index (χ2v) is 5.19. The summed E-state index contributed by atoms with van der Waals surface area (Å²) in [4.78, 5) is 0. The molecular formula is C15H21NO. The lowest BCUT2D eigenvalue weighted by Crippen LogP contribution is -2.14. The second-order valence-electron chi connectivity index (χ2n) is 5.19. The van der Waals surface area contributed by atoms with Crippen molar-refractivity contribution in [3.63, 3.8) is 0 Å². The smallest absolute Gasteiger partial charge is 0.123 e. The van der Waals surface area contributed by atoms with Crippen LogP contribution in [0.4, 0.5) is 0 Å². The molecule has 0 aliphatic rings. The SMILES string of the molecule is CCc1ccc(OCCC#N)c(C(C)(C)C)c1. The number of ether oxygens (including phenoxy) is 1. The molecule has 1 aromatic rings. The van der Waals surface area contributed by atoms with Gasteiger partial charge in [-0.1, -0.05) is 39.8 Å². The molecule has 0 spiro atoms. The third-order valence-electron chi connectivity index (χ3n) is 2.73. The summed E-state index contributed by atoms with van der Waals surface area (Å²) in [6.07, 6.45) is 1.46. The highest BCUT2D eigenvalue weighted by molar-refractivity contribution is 5.41. The molecule has 0 radical (unpaired) electrons. The van der Waals surface area contributed by atoms with Crippen LogP contribution in [0.5, 0.6) is 5.75 Å². The first-order valence-electron chi connectivity index (χ1n) is 6.12. The molecule has 0 heterocycles. The Hall–Kier alpha value is -1.49. The minimum atomic E-state index is 0.0627. The van der Waals surface area contributed by atoms with Crippen molar-refractivity contribution in [3.05, 3.63) is 29.3 Å². The van der Waals surface area contributed by atoms with Crippen molar-refractivity contribution in [1.82, 2.24) is 0 Å². The largest absolute Gasteiger partial charge is 0.492 e. The number of nitrogens with zero attached hydrogens (tertiary/aromatic N) is 1. The quantitative estimate of drug-likeness (QED) is 0.738. The average Bonchev–Trinajstić information content (AvgIpc) is 2.28. The summed E-state index contributed by atoms with van der Waals surface area (Å²) in [5.41, 5.74) is 2.60. The Morgan fingerprint density at radius 3 is 2.53 bits per heavy atom. The zero-order valence-corrected chi connectivity index (χ0v) is 11.2. The van der Waals surface area contributed by atoms with Gasteiger partial charge >= 0.3 is 0 Å². The average molecular weight is 231 g/mol. The van der Waals surface area contributed by atoms with E-state index in [-0.39, 0.29) is 5.41 Å². The summed E-state index contributed by atoms with van der Waals surface area (Å²) in [6, 6.07) is 8.42. The minimum Gasteiger partial charge on any atom is -0.492 e. The Kier molecular flexibility index (Phi) is 4.57. The van der Waals surface area contributed by atoms with Crippen LogP contribution in [0.1, 0.15) is 45.2 Å². The fourth-order valence-corrected chi connectivity index (χ4v) is 1.72. The van der Waals surface area contributed by atoms with E-state index in [0.29, 0.717) is 13.0 Å². The molecule has 2 heteroatoms. The van der Waals surface area contributed by atoms with E-state index in [1.807, 2.05) is 6.07 Å². The molecule has 0 aliphatic heterocycles. The summed E-state index contributed by atoms with van der Waals surface area (Å²) in [6.45, 7) is 9.15. The number of hydrogen-bond donors (Lipinski definition) is 0. The van der Waals surface area contributed by atoms with E-state index >= 15 is 0 Å². The molecule has 0 unspecified atom stereocenters. The highest BCUT2D eigenvalue weighted by atomic mass is 16.5. The fraction of sp³-hybridized carbons (Fsp3) is 0.533. The van der Waals surface area contributed by atoms with E-state index in [1.165, 1.54) is 11.1 Å². The van der Waals surface area contributed by atoms with Gasteiger partial charge in [0.1, 0.15) is 12.4 Å². The fourth-order valence-electron chi connectivity index (χ4n) is 1.72. The Balaban J connectivity index is 2.99. The molecule has 1 rings (SSSR count). The third-order valence-corrected chi connectivity index (χ3v) is 2.73. The van der Waals surface area contributed by atoms with Crippen molar-refractivity contribution in [2.75, 3.05) is 6.61 Å². The van der Waals surface area contributed by atoms with Gasteiger partial charge in [-0.05, 0) is 29.0 Å². The standard InChI is InChI=1S/C15H21NO/c1-5-12-7-8-14(17-10-6-9-16)13(11-12)15(2,3)4/h7-8,11H,5-6,10H2,1-4H3. The third kappa shape index (κ3) is 3.78. The van der Waals surface area contributed by atoms with Crippen LogP contribution in [0.2, 0.25) is 0 Å². The van der Waals surface area contributed by atoms with Gasteiger partial charge in [-0.3, -0.25) is 0 Å². The summed E-state index contributed by atoms with van der Waals surface area (Å²) in [7, 11) is 0. The van der Waals surface area contributed by atoms with Crippen molar-refractivity contribution in [2.45, 2.75) is 46.0 Å². The zero-order valence-electron chi connectivity index (χ0n) is 11.2. The lowest BCUT2D eigenvalue weighted by Gasteiger charge is -2.23. The summed E-state index contributed by atoms with van der Waals surface area (Å²) in [5.74, 6) is 0.907. The highest BCUT2D eigenvalue weighted by Gasteiger charge is 2.19. The summed E-state index contributed by atoms with van der Waals surface area (Å²) in [5, 5.41) is 8.53. The molecule has 0 bridgehead atoms. The van der Waals surface area contributed by atoms with Crippen molar-refractivity contribution in [1.29, 1.82) is 5.26 Å². The van der Waals surface area contributed by atoms with Gasteiger partial charge in [0.05, 0.1) is 12.5 Å². The highest BCUT2D eigenvalue weighted by Crippen LogP contribution is 2.32. The molecule has 92 valence electrons. The van der Waals surface area contributed by atoms with Crippen LogP contribution >= 0.6 is 0 Å². The Labute approximate surface area is 104 Å². The zero-order chi connectivity index (χ0) is 12.9. The van der Waals surface area contributed by atoms with E-state index in [4.69, 9.17) is 10.00 Å². The molecule has 0 amide bonds. The molecule has 17 heavy (non-hydrogen) atoms. The van der Waals surface area contributed by atoms with E-state index < -0.39 is 0 Å². The number of hydrogen-bond acceptors (Lipinski definition) is 2. The number of rotatable bonds is 4. The van der Waals surface area contributed by atoms with Gasteiger partial charge in [0, 0.05) is 0 Å². The number of aryl methyl sites for hydroxylation is 1. The molecule has 0 aromatic heterocycles. The van der Waals surface area contributed by atoms with Crippen LogP contribution in [0.3, 0.4) is 0 Å². The van der Waals surface area contributed by atoms with Gasteiger partial charge in [-0.2, -0.15) is 5.26 Å².